The Hall–Kier alpha value is -2.13. The second-order valence-corrected chi connectivity index (χ2v) is 4.91. The molecule has 20 heavy (non-hydrogen) atoms. The second-order valence-electron chi connectivity index (χ2n) is 4.91. The van der Waals surface area contributed by atoms with E-state index in [4.69, 9.17) is 0 Å². The molecule has 0 aliphatic rings. The summed E-state index contributed by atoms with van der Waals surface area (Å²) in [7, 11) is 0. The first-order valence-electron chi connectivity index (χ1n) is 7.05. The highest BCUT2D eigenvalue weighted by Gasteiger charge is 2.02. The van der Waals surface area contributed by atoms with Crippen LogP contribution in [0, 0.1) is 0 Å². The van der Waals surface area contributed by atoms with Gasteiger partial charge in [0.05, 0.1) is 12.0 Å². The van der Waals surface area contributed by atoms with Gasteiger partial charge in [-0.2, -0.15) is 0 Å². The summed E-state index contributed by atoms with van der Waals surface area (Å²) in [6.07, 6.45) is 3.81. The number of rotatable bonds is 5. The van der Waals surface area contributed by atoms with E-state index in [0.717, 1.165) is 19.6 Å². The van der Waals surface area contributed by atoms with Crippen molar-refractivity contribution in [1.82, 2.24) is 14.9 Å². The molecule has 0 aliphatic carbocycles. The molecule has 3 heteroatoms. The highest BCUT2D eigenvalue weighted by atomic mass is 15.1. The van der Waals surface area contributed by atoms with Crippen molar-refractivity contribution in [1.29, 1.82) is 0 Å². The highest BCUT2D eigenvalue weighted by Crippen LogP contribution is 2.18. The van der Waals surface area contributed by atoms with Crippen LogP contribution < -0.4 is 5.32 Å². The maximum Gasteiger partial charge on any atom is 0.0948 e. The van der Waals surface area contributed by atoms with E-state index in [1.54, 1.807) is 0 Å². The van der Waals surface area contributed by atoms with Gasteiger partial charge in [-0.25, -0.2) is 4.98 Å². The molecule has 0 atom stereocenters. The predicted molar refractivity (Wildman–Crippen MR) is 82.4 cm³/mol. The van der Waals surface area contributed by atoms with Crippen LogP contribution in [0.5, 0.6) is 0 Å². The summed E-state index contributed by atoms with van der Waals surface area (Å²) in [5.41, 5.74) is 2.57. The zero-order chi connectivity index (χ0) is 13.8. The van der Waals surface area contributed by atoms with Crippen molar-refractivity contribution in [2.75, 3.05) is 0 Å². The standard InChI is InChI=1S/C17H19N3/c1-2-20-13-19-12-16(20)11-18-10-15-8-5-7-14-6-3-4-9-17(14)15/h3-9,12-13,18H,2,10-11H2,1H3. The molecular weight excluding hydrogens is 246 g/mol. The Morgan fingerprint density at radius 1 is 1.05 bits per heavy atom. The predicted octanol–water partition coefficient (Wildman–Crippen LogP) is 3.35. The van der Waals surface area contributed by atoms with E-state index in [1.165, 1.54) is 22.0 Å². The van der Waals surface area contributed by atoms with Crippen LogP contribution in [0.15, 0.2) is 55.0 Å². The number of benzene rings is 2. The van der Waals surface area contributed by atoms with E-state index < -0.39 is 0 Å². The molecule has 0 radical (unpaired) electrons. The van der Waals surface area contributed by atoms with Crippen LogP contribution in [0.3, 0.4) is 0 Å². The molecule has 0 amide bonds. The molecule has 0 bridgehead atoms. The van der Waals surface area contributed by atoms with Gasteiger partial charge >= 0.3 is 0 Å². The van der Waals surface area contributed by atoms with Gasteiger partial charge in [0, 0.05) is 25.8 Å². The zero-order valence-electron chi connectivity index (χ0n) is 11.7. The topological polar surface area (TPSA) is 29.9 Å². The van der Waals surface area contributed by atoms with E-state index >= 15 is 0 Å². The Labute approximate surface area is 119 Å². The molecule has 0 saturated heterocycles. The van der Waals surface area contributed by atoms with E-state index in [1.807, 2.05) is 12.5 Å². The quantitative estimate of drug-likeness (QED) is 0.766. The summed E-state index contributed by atoms with van der Waals surface area (Å²) in [5, 5.41) is 6.13. The van der Waals surface area contributed by atoms with Crippen molar-refractivity contribution in [2.45, 2.75) is 26.6 Å². The first-order valence-corrected chi connectivity index (χ1v) is 7.05. The monoisotopic (exact) mass is 265 g/mol. The van der Waals surface area contributed by atoms with Crippen LogP contribution >= 0.6 is 0 Å². The van der Waals surface area contributed by atoms with E-state index in [2.05, 4.69) is 64.3 Å². The molecule has 3 nitrogen and oxygen atoms in total. The van der Waals surface area contributed by atoms with Crippen molar-refractivity contribution < 1.29 is 0 Å². The van der Waals surface area contributed by atoms with Gasteiger partial charge in [0.25, 0.3) is 0 Å². The molecule has 0 saturated carbocycles. The number of aryl methyl sites for hydroxylation is 1. The molecule has 3 aromatic rings. The van der Waals surface area contributed by atoms with Gasteiger partial charge in [-0.3, -0.25) is 0 Å². The van der Waals surface area contributed by atoms with Gasteiger partial charge in [-0.05, 0) is 23.3 Å². The number of hydrogen-bond donors (Lipinski definition) is 1. The minimum absolute atomic E-state index is 0.844. The fourth-order valence-electron chi connectivity index (χ4n) is 2.55. The number of nitrogens with one attached hydrogen (secondary N) is 1. The fourth-order valence-corrected chi connectivity index (χ4v) is 2.55. The summed E-state index contributed by atoms with van der Waals surface area (Å²) in [6.45, 7) is 4.81. The summed E-state index contributed by atoms with van der Waals surface area (Å²) >= 11 is 0. The second kappa shape index (κ2) is 5.88. The van der Waals surface area contributed by atoms with E-state index in [-0.39, 0.29) is 0 Å². The smallest absolute Gasteiger partial charge is 0.0948 e. The minimum atomic E-state index is 0.844. The van der Waals surface area contributed by atoms with Crippen molar-refractivity contribution >= 4 is 10.8 Å². The third kappa shape index (κ3) is 2.58. The van der Waals surface area contributed by atoms with Crippen LogP contribution in [0.1, 0.15) is 18.2 Å². The van der Waals surface area contributed by atoms with Crippen molar-refractivity contribution in [3.8, 4) is 0 Å². The summed E-state index contributed by atoms with van der Waals surface area (Å²) < 4.78 is 2.16. The zero-order valence-corrected chi connectivity index (χ0v) is 11.7. The van der Waals surface area contributed by atoms with Gasteiger partial charge in [0.2, 0.25) is 0 Å². The third-order valence-corrected chi connectivity index (χ3v) is 3.64. The van der Waals surface area contributed by atoms with Crippen LogP contribution in [-0.4, -0.2) is 9.55 Å². The Kier molecular flexibility index (Phi) is 3.79. The fraction of sp³-hybridized carbons (Fsp3) is 0.235. The Balaban J connectivity index is 1.71. The van der Waals surface area contributed by atoms with Crippen LogP contribution in [0.25, 0.3) is 10.8 Å². The molecule has 0 aliphatic heterocycles. The maximum atomic E-state index is 4.19. The van der Waals surface area contributed by atoms with Gasteiger partial charge in [0.1, 0.15) is 0 Å². The van der Waals surface area contributed by atoms with Gasteiger partial charge in [0.15, 0.2) is 0 Å². The highest BCUT2D eigenvalue weighted by molar-refractivity contribution is 5.85. The minimum Gasteiger partial charge on any atom is -0.334 e. The molecule has 1 N–H and O–H groups in total. The Bertz CT molecular complexity index is 695. The normalized spacial score (nSPS) is 11.1. The molecule has 102 valence electrons. The molecular formula is C17H19N3. The lowest BCUT2D eigenvalue weighted by Crippen LogP contribution is -2.15. The molecule has 1 heterocycles. The third-order valence-electron chi connectivity index (χ3n) is 3.64. The maximum absolute atomic E-state index is 4.19. The number of hydrogen-bond acceptors (Lipinski definition) is 2. The molecule has 0 fully saturated rings. The van der Waals surface area contributed by atoms with Crippen molar-refractivity contribution in [3.05, 3.63) is 66.2 Å². The average Bonchev–Trinajstić information content (AvgIpc) is 2.95. The van der Waals surface area contributed by atoms with Crippen molar-refractivity contribution in [2.24, 2.45) is 0 Å². The van der Waals surface area contributed by atoms with Crippen molar-refractivity contribution in [3.63, 3.8) is 0 Å². The first-order chi connectivity index (χ1) is 9.88. The van der Waals surface area contributed by atoms with Crippen LogP contribution in [0.2, 0.25) is 0 Å². The average molecular weight is 265 g/mol. The van der Waals surface area contributed by atoms with Crippen LogP contribution in [0.4, 0.5) is 0 Å². The lowest BCUT2D eigenvalue weighted by atomic mass is 10.0. The SMILES string of the molecule is CCn1cncc1CNCc1cccc2ccccc12. The lowest BCUT2D eigenvalue weighted by molar-refractivity contribution is 0.630. The molecule has 0 spiro atoms. The first kappa shape index (κ1) is 12.9. The number of fused-ring (bicyclic) bond motifs is 1. The van der Waals surface area contributed by atoms with E-state index in [9.17, 15) is 0 Å². The summed E-state index contributed by atoms with van der Waals surface area (Å²) in [6, 6.07) is 15.0. The van der Waals surface area contributed by atoms with Crippen LogP contribution in [-0.2, 0) is 19.6 Å². The Morgan fingerprint density at radius 2 is 1.90 bits per heavy atom. The number of imidazole rings is 1. The van der Waals surface area contributed by atoms with Gasteiger partial charge in [-0.1, -0.05) is 42.5 Å². The Morgan fingerprint density at radius 3 is 2.80 bits per heavy atom. The largest absolute Gasteiger partial charge is 0.334 e. The molecule has 1 aromatic heterocycles. The summed E-state index contributed by atoms with van der Waals surface area (Å²) in [5.74, 6) is 0. The summed E-state index contributed by atoms with van der Waals surface area (Å²) in [4.78, 5) is 4.19. The van der Waals surface area contributed by atoms with E-state index in [0.29, 0.717) is 0 Å². The van der Waals surface area contributed by atoms with Gasteiger partial charge in [-0.15, -0.1) is 0 Å². The molecule has 2 aromatic carbocycles. The molecule has 0 unspecified atom stereocenters. The molecule has 3 rings (SSSR count). The lowest BCUT2D eigenvalue weighted by Gasteiger charge is -2.09. The number of aromatic nitrogens is 2. The number of nitrogens with zero attached hydrogens (tertiary/aromatic N) is 2. The van der Waals surface area contributed by atoms with Gasteiger partial charge < -0.3 is 9.88 Å².